The first kappa shape index (κ1) is 25.1. The number of nitrogens with zero attached hydrogens (tertiary/aromatic N) is 4. The highest BCUT2D eigenvalue weighted by Gasteiger charge is 2.18. The fourth-order valence-electron chi connectivity index (χ4n) is 5.22. The summed E-state index contributed by atoms with van der Waals surface area (Å²) in [6.45, 7) is 8.49. The summed E-state index contributed by atoms with van der Waals surface area (Å²) in [6, 6.07) is 23.5. The number of aryl methyl sites for hydroxylation is 3. The molecular weight excluding hydrogens is 552 g/mol. The molecule has 0 bridgehead atoms. The van der Waals surface area contributed by atoms with Crippen molar-refractivity contribution < 1.29 is 4.42 Å². The molecule has 0 radical (unpaired) electrons. The van der Waals surface area contributed by atoms with Gasteiger partial charge in [-0.3, -0.25) is 4.79 Å². The Labute approximate surface area is 234 Å². The molecule has 0 N–H and O–H groups in total. The van der Waals surface area contributed by atoms with Crippen LogP contribution in [0, 0.1) is 20.8 Å². The van der Waals surface area contributed by atoms with E-state index in [4.69, 9.17) is 14.5 Å². The second-order valence-corrected chi connectivity index (χ2v) is 10.6. The number of rotatable bonds is 5. The van der Waals surface area contributed by atoms with Gasteiger partial charge in [0.1, 0.15) is 5.58 Å². The van der Waals surface area contributed by atoms with Crippen molar-refractivity contribution >= 4 is 44.0 Å². The molecule has 0 aliphatic rings. The predicted octanol–water partition coefficient (Wildman–Crippen LogP) is 7.73. The molecule has 0 spiro atoms. The Morgan fingerprint density at radius 2 is 1.82 bits per heavy atom. The van der Waals surface area contributed by atoms with E-state index in [0.29, 0.717) is 28.1 Å². The number of halogens is 1. The van der Waals surface area contributed by atoms with Gasteiger partial charge in [0, 0.05) is 26.8 Å². The molecule has 6 rings (SSSR count). The third-order valence-corrected chi connectivity index (χ3v) is 7.65. The molecule has 0 unspecified atom stereocenters. The van der Waals surface area contributed by atoms with E-state index in [2.05, 4.69) is 72.5 Å². The fraction of sp³-hybridized carbons (Fsp3) is 0.156. The van der Waals surface area contributed by atoms with Crippen LogP contribution in [0.1, 0.15) is 35.0 Å². The van der Waals surface area contributed by atoms with Crippen LogP contribution < -0.4 is 5.56 Å². The summed E-state index contributed by atoms with van der Waals surface area (Å²) in [5.41, 5.74) is 7.83. The van der Waals surface area contributed by atoms with Crippen molar-refractivity contribution in [3.05, 3.63) is 116 Å². The average molecular weight is 579 g/mol. The molecule has 194 valence electrons. The average Bonchev–Trinajstić information content (AvgIpc) is 3.47. The standard InChI is InChI=1S/C32H27BrN4O2/c1-5-22-10-8-9-19(2)30(22)36-20(3)15-24(21(36)4)18-34-37-31(35-27-12-7-6-11-26(27)32(37)38)29-17-23-16-25(33)13-14-28(23)39-29/h6-18H,5H2,1-4H3. The molecule has 0 fully saturated rings. The SMILES string of the molecule is CCc1cccc(C)c1-n1c(C)cc(C=Nn2c(-c3cc4cc(Br)ccc4o3)nc3ccccc3c2=O)c1C. The van der Waals surface area contributed by atoms with E-state index in [9.17, 15) is 4.79 Å². The van der Waals surface area contributed by atoms with Gasteiger partial charge in [0.15, 0.2) is 5.76 Å². The van der Waals surface area contributed by atoms with Crippen molar-refractivity contribution in [2.45, 2.75) is 34.1 Å². The number of hydrogen-bond donors (Lipinski definition) is 0. The topological polar surface area (TPSA) is 65.3 Å². The van der Waals surface area contributed by atoms with Gasteiger partial charge in [-0.1, -0.05) is 53.2 Å². The molecule has 7 heteroatoms. The van der Waals surface area contributed by atoms with Crippen LogP contribution in [0.5, 0.6) is 0 Å². The summed E-state index contributed by atoms with van der Waals surface area (Å²) >= 11 is 3.51. The summed E-state index contributed by atoms with van der Waals surface area (Å²) < 4.78 is 10.7. The molecule has 0 aliphatic carbocycles. The Hall–Kier alpha value is -4.23. The summed E-state index contributed by atoms with van der Waals surface area (Å²) in [5, 5.41) is 6.10. The Balaban J connectivity index is 1.52. The van der Waals surface area contributed by atoms with E-state index < -0.39 is 0 Å². The van der Waals surface area contributed by atoms with Gasteiger partial charge in [0.05, 0.1) is 22.8 Å². The second kappa shape index (κ2) is 9.82. The van der Waals surface area contributed by atoms with Crippen molar-refractivity contribution in [2.75, 3.05) is 0 Å². The quantitative estimate of drug-likeness (QED) is 0.196. The third kappa shape index (κ3) is 4.33. The van der Waals surface area contributed by atoms with Gasteiger partial charge in [0.25, 0.3) is 5.56 Å². The number of benzene rings is 3. The zero-order valence-corrected chi connectivity index (χ0v) is 23.8. The Morgan fingerprint density at radius 3 is 2.64 bits per heavy atom. The second-order valence-electron chi connectivity index (χ2n) is 9.70. The van der Waals surface area contributed by atoms with Gasteiger partial charge in [-0.05, 0) is 80.8 Å². The molecule has 0 atom stereocenters. The highest BCUT2D eigenvalue weighted by atomic mass is 79.9. The van der Waals surface area contributed by atoms with Crippen molar-refractivity contribution in [1.82, 2.24) is 14.2 Å². The lowest BCUT2D eigenvalue weighted by atomic mass is 10.1. The minimum absolute atomic E-state index is 0.255. The molecule has 0 amide bonds. The highest BCUT2D eigenvalue weighted by molar-refractivity contribution is 9.10. The smallest absolute Gasteiger partial charge is 0.282 e. The van der Waals surface area contributed by atoms with Gasteiger partial charge >= 0.3 is 0 Å². The van der Waals surface area contributed by atoms with E-state index in [1.165, 1.54) is 21.5 Å². The molecule has 6 nitrogen and oxygen atoms in total. The molecule has 0 aliphatic heterocycles. The molecule has 0 saturated carbocycles. The maximum absolute atomic E-state index is 13.7. The van der Waals surface area contributed by atoms with Crippen molar-refractivity contribution in [3.63, 3.8) is 0 Å². The number of para-hydroxylation sites is 2. The highest BCUT2D eigenvalue weighted by Crippen LogP contribution is 2.30. The van der Waals surface area contributed by atoms with Crippen LogP contribution in [0.15, 0.2) is 91.6 Å². The third-order valence-electron chi connectivity index (χ3n) is 7.16. The first-order valence-electron chi connectivity index (χ1n) is 12.9. The summed E-state index contributed by atoms with van der Waals surface area (Å²) in [4.78, 5) is 18.5. The summed E-state index contributed by atoms with van der Waals surface area (Å²) in [6.07, 6.45) is 2.68. The molecular formula is C32H27BrN4O2. The van der Waals surface area contributed by atoms with Crippen LogP contribution in [-0.4, -0.2) is 20.4 Å². The lowest BCUT2D eigenvalue weighted by Gasteiger charge is -2.17. The van der Waals surface area contributed by atoms with Crippen molar-refractivity contribution in [2.24, 2.45) is 5.10 Å². The normalized spacial score (nSPS) is 11.8. The van der Waals surface area contributed by atoms with Crippen molar-refractivity contribution in [3.8, 4) is 17.3 Å². The number of furan rings is 1. The maximum atomic E-state index is 13.7. The summed E-state index contributed by atoms with van der Waals surface area (Å²) in [5.74, 6) is 0.823. The lowest BCUT2D eigenvalue weighted by Crippen LogP contribution is -2.20. The van der Waals surface area contributed by atoms with E-state index >= 15 is 0 Å². The first-order valence-corrected chi connectivity index (χ1v) is 13.7. The zero-order valence-electron chi connectivity index (χ0n) is 22.2. The molecule has 6 aromatic rings. The monoisotopic (exact) mass is 578 g/mol. The number of fused-ring (bicyclic) bond motifs is 2. The molecule has 3 aromatic carbocycles. The molecule has 39 heavy (non-hydrogen) atoms. The number of aromatic nitrogens is 3. The summed E-state index contributed by atoms with van der Waals surface area (Å²) in [7, 11) is 0. The van der Waals surface area contributed by atoms with Gasteiger partial charge in [0.2, 0.25) is 5.82 Å². The van der Waals surface area contributed by atoms with Gasteiger partial charge < -0.3 is 8.98 Å². The van der Waals surface area contributed by atoms with Crippen molar-refractivity contribution in [1.29, 1.82) is 0 Å². The van der Waals surface area contributed by atoms with E-state index in [1.54, 1.807) is 12.3 Å². The van der Waals surface area contributed by atoms with Crippen LogP contribution in [0.25, 0.3) is 39.1 Å². The van der Waals surface area contributed by atoms with Crippen LogP contribution in [0.2, 0.25) is 0 Å². The van der Waals surface area contributed by atoms with Crippen LogP contribution in [0.4, 0.5) is 0 Å². The van der Waals surface area contributed by atoms with Gasteiger partial charge in [-0.2, -0.15) is 9.78 Å². The largest absolute Gasteiger partial charge is 0.453 e. The zero-order chi connectivity index (χ0) is 27.3. The van der Waals surface area contributed by atoms with E-state index in [0.717, 1.165) is 33.2 Å². The predicted molar refractivity (Wildman–Crippen MR) is 161 cm³/mol. The lowest BCUT2D eigenvalue weighted by molar-refractivity contribution is 0.616. The first-order chi connectivity index (χ1) is 18.9. The molecule has 3 aromatic heterocycles. The maximum Gasteiger partial charge on any atom is 0.282 e. The van der Waals surface area contributed by atoms with Crippen LogP contribution >= 0.6 is 15.9 Å². The van der Waals surface area contributed by atoms with E-state index in [1.807, 2.05) is 42.5 Å². The molecule has 3 heterocycles. The molecule has 0 saturated heterocycles. The minimum Gasteiger partial charge on any atom is -0.453 e. The Kier molecular flexibility index (Phi) is 6.31. The fourth-order valence-corrected chi connectivity index (χ4v) is 5.60. The van der Waals surface area contributed by atoms with Crippen LogP contribution in [0.3, 0.4) is 0 Å². The van der Waals surface area contributed by atoms with Gasteiger partial charge in [-0.25, -0.2) is 4.98 Å². The van der Waals surface area contributed by atoms with Crippen LogP contribution in [-0.2, 0) is 6.42 Å². The Bertz CT molecular complexity index is 1980. The minimum atomic E-state index is -0.255. The Morgan fingerprint density at radius 1 is 1.00 bits per heavy atom. The van der Waals surface area contributed by atoms with Gasteiger partial charge in [-0.15, -0.1) is 0 Å². The number of hydrogen-bond acceptors (Lipinski definition) is 4. The van der Waals surface area contributed by atoms with E-state index in [-0.39, 0.29) is 5.56 Å².